The monoisotopic (exact) mass is 345 g/mol. The van der Waals surface area contributed by atoms with Crippen molar-refractivity contribution in [3.8, 4) is 17.2 Å². The molecule has 0 unspecified atom stereocenters. The highest BCUT2D eigenvalue weighted by atomic mass is 16.5. The maximum atomic E-state index is 5.27. The molecule has 0 spiro atoms. The van der Waals surface area contributed by atoms with Crippen molar-refractivity contribution in [1.29, 1.82) is 0 Å². The Bertz CT molecular complexity index is 1020. The number of para-hydroxylation sites is 2. The number of hydrogen-bond acceptors (Lipinski definition) is 4. The largest absolute Gasteiger partial charge is 0.497 e. The lowest BCUT2D eigenvalue weighted by Crippen LogP contribution is -2.02. The zero-order valence-electron chi connectivity index (χ0n) is 14.6. The van der Waals surface area contributed by atoms with Crippen molar-refractivity contribution in [3.63, 3.8) is 0 Å². The van der Waals surface area contributed by atoms with Gasteiger partial charge < -0.3 is 14.8 Å². The van der Waals surface area contributed by atoms with Crippen molar-refractivity contribution in [2.24, 2.45) is 0 Å². The molecule has 130 valence electrons. The number of ether oxygens (including phenoxy) is 2. The maximum Gasteiger partial charge on any atom is 0.213 e. The molecule has 1 aromatic heterocycles. The Labute approximate surface area is 151 Å². The number of methoxy groups -OCH3 is 2. The molecule has 0 bridgehead atoms. The van der Waals surface area contributed by atoms with Gasteiger partial charge in [0.15, 0.2) is 0 Å². The van der Waals surface area contributed by atoms with Gasteiger partial charge in [-0.05, 0) is 60.7 Å². The van der Waals surface area contributed by atoms with E-state index in [2.05, 4.69) is 16.0 Å². The number of nitrogens with zero attached hydrogens (tertiary/aromatic N) is 2. The lowest BCUT2D eigenvalue weighted by atomic mass is 10.2. The smallest absolute Gasteiger partial charge is 0.213 e. The third kappa shape index (κ3) is 2.95. The molecule has 4 aromatic rings. The van der Waals surface area contributed by atoms with Crippen LogP contribution < -0.4 is 14.8 Å². The fraction of sp³-hybridized carbons (Fsp3) is 0.0952. The third-order valence-corrected chi connectivity index (χ3v) is 4.24. The summed E-state index contributed by atoms with van der Waals surface area (Å²) in [6, 6.07) is 23.8. The Hall–Kier alpha value is -3.47. The first-order valence-corrected chi connectivity index (χ1v) is 8.31. The van der Waals surface area contributed by atoms with E-state index in [0.717, 1.165) is 39.9 Å². The van der Waals surface area contributed by atoms with Gasteiger partial charge in [-0.3, -0.25) is 4.57 Å². The number of nitrogens with one attached hydrogen (secondary N) is 1. The van der Waals surface area contributed by atoms with Crippen LogP contribution in [0.2, 0.25) is 0 Å². The van der Waals surface area contributed by atoms with E-state index < -0.39 is 0 Å². The number of anilines is 2. The minimum atomic E-state index is 0.751. The predicted molar refractivity (Wildman–Crippen MR) is 104 cm³/mol. The summed E-state index contributed by atoms with van der Waals surface area (Å²) in [6.07, 6.45) is 0. The minimum Gasteiger partial charge on any atom is -0.497 e. The van der Waals surface area contributed by atoms with Crippen LogP contribution in [0.1, 0.15) is 0 Å². The summed E-state index contributed by atoms with van der Waals surface area (Å²) in [5, 5.41) is 3.41. The average molecular weight is 345 g/mol. The van der Waals surface area contributed by atoms with Gasteiger partial charge in [-0.15, -0.1) is 0 Å². The van der Waals surface area contributed by atoms with Crippen molar-refractivity contribution in [2.45, 2.75) is 0 Å². The van der Waals surface area contributed by atoms with Crippen LogP contribution >= 0.6 is 0 Å². The van der Waals surface area contributed by atoms with Crippen molar-refractivity contribution < 1.29 is 9.47 Å². The van der Waals surface area contributed by atoms with Gasteiger partial charge in [0.25, 0.3) is 0 Å². The van der Waals surface area contributed by atoms with Gasteiger partial charge in [-0.25, -0.2) is 4.98 Å². The molecule has 0 saturated carbocycles. The summed E-state index contributed by atoms with van der Waals surface area (Å²) in [5.74, 6) is 2.39. The lowest BCUT2D eigenvalue weighted by Gasteiger charge is -2.12. The van der Waals surface area contributed by atoms with E-state index in [0.29, 0.717) is 0 Å². The van der Waals surface area contributed by atoms with Crippen LogP contribution in [-0.4, -0.2) is 23.8 Å². The van der Waals surface area contributed by atoms with Gasteiger partial charge in [0.05, 0.1) is 25.3 Å². The molecule has 0 atom stereocenters. The maximum absolute atomic E-state index is 5.27. The number of fused-ring (bicyclic) bond motifs is 1. The number of aromatic nitrogens is 2. The predicted octanol–water partition coefficient (Wildman–Crippen LogP) is 4.79. The highest BCUT2D eigenvalue weighted by Crippen LogP contribution is 2.28. The molecule has 0 saturated heterocycles. The Morgan fingerprint density at radius 2 is 1.38 bits per heavy atom. The van der Waals surface area contributed by atoms with E-state index in [4.69, 9.17) is 14.5 Å². The Morgan fingerprint density at radius 1 is 0.769 bits per heavy atom. The molecule has 0 aliphatic carbocycles. The van der Waals surface area contributed by atoms with Crippen LogP contribution in [0, 0.1) is 0 Å². The van der Waals surface area contributed by atoms with E-state index in [1.807, 2.05) is 66.7 Å². The molecule has 0 aliphatic heterocycles. The summed E-state index contributed by atoms with van der Waals surface area (Å²) in [4.78, 5) is 4.76. The SMILES string of the molecule is COc1ccc(Nc2nc3ccccc3n2-c2ccc(OC)cc2)cc1. The summed E-state index contributed by atoms with van der Waals surface area (Å²) in [5.41, 5.74) is 3.92. The third-order valence-electron chi connectivity index (χ3n) is 4.24. The molecule has 0 amide bonds. The number of rotatable bonds is 5. The normalized spacial score (nSPS) is 10.7. The Kier molecular flexibility index (Phi) is 4.19. The molecule has 0 aliphatic rings. The molecular formula is C21H19N3O2. The van der Waals surface area contributed by atoms with Crippen LogP contribution in [-0.2, 0) is 0 Å². The second-order valence-electron chi connectivity index (χ2n) is 5.81. The second kappa shape index (κ2) is 6.80. The highest BCUT2D eigenvalue weighted by Gasteiger charge is 2.12. The highest BCUT2D eigenvalue weighted by molar-refractivity contribution is 5.82. The van der Waals surface area contributed by atoms with Gasteiger partial charge >= 0.3 is 0 Å². The van der Waals surface area contributed by atoms with Crippen LogP contribution in [0.3, 0.4) is 0 Å². The number of hydrogen-bond donors (Lipinski definition) is 1. The quantitative estimate of drug-likeness (QED) is 0.565. The summed E-state index contributed by atoms with van der Waals surface area (Å²) >= 11 is 0. The Morgan fingerprint density at radius 3 is 2.04 bits per heavy atom. The lowest BCUT2D eigenvalue weighted by molar-refractivity contribution is 0.414. The van der Waals surface area contributed by atoms with Gasteiger partial charge in [-0.2, -0.15) is 0 Å². The minimum absolute atomic E-state index is 0.751. The van der Waals surface area contributed by atoms with Crippen LogP contribution in [0.4, 0.5) is 11.6 Å². The van der Waals surface area contributed by atoms with Gasteiger partial charge in [0.2, 0.25) is 5.95 Å². The van der Waals surface area contributed by atoms with E-state index >= 15 is 0 Å². The number of imidazole rings is 1. The molecular weight excluding hydrogens is 326 g/mol. The molecule has 4 rings (SSSR count). The first-order valence-electron chi connectivity index (χ1n) is 8.31. The summed E-state index contributed by atoms with van der Waals surface area (Å²) in [6.45, 7) is 0. The molecule has 5 nitrogen and oxygen atoms in total. The van der Waals surface area contributed by atoms with Crippen LogP contribution in [0.5, 0.6) is 11.5 Å². The second-order valence-corrected chi connectivity index (χ2v) is 5.81. The average Bonchev–Trinajstić information content (AvgIpc) is 3.06. The van der Waals surface area contributed by atoms with Crippen molar-refractivity contribution in [1.82, 2.24) is 9.55 Å². The van der Waals surface area contributed by atoms with Gasteiger partial charge in [0.1, 0.15) is 11.5 Å². The van der Waals surface area contributed by atoms with E-state index in [1.165, 1.54) is 0 Å². The molecule has 26 heavy (non-hydrogen) atoms. The fourth-order valence-corrected chi connectivity index (χ4v) is 2.91. The van der Waals surface area contributed by atoms with Crippen molar-refractivity contribution in [3.05, 3.63) is 72.8 Å². The fourth-order valence-electron chi connectivity index (χ4n) is 2.91. The topological polar surface area (TPSA) is 48.3 Å². The van der Waals surface area contributed by atoms with Gasteiger partial charge in [0, 0.05) is 11.4 Å². The van der Waals surface area contributed by atoms with Crippen molar-refractivity contribution >= 4 is 22.7 Å². The van der Waals surface area contributed by atoms with E-state index in [-0.39, 0.29) is 0 Å². The molecule has 0 radical (unpaired) electrons. The molecule has 3 aromatic carbocycles. The first-order chi connectivity index (χ1) is 12.8. The molecule has 0 fully saturated rings. The van der Waals surface area contributed by atoms with E-state index in [9.17, 15) is 0 Å². The van der Waals surface area contributed by atoms with E-state index in [1.54, 1.807) is 14.2 Å². The molecule has 1 heterocycles. The summed E-state index contributed by atoms with van der Waals surface area (Å²) in [7, 11) is 3.32. The first kappa shape index (κ1) is 16.0. The van der Waals surface area contributed by atoms with Crippen LogP contribution in [0.25, 0.3) is 16.7 Å². The molecule has 5 heteroatoms. The van der Waals surface area contributed by atoms with Crippen molar-refractivity contribution in [2.75, 3.05) is 19.5 Å². The van der Waals surface area contributed by atoms with Crippen LogP contribution in [0.15, 0.2) is 72.8 Å². The Balaban J connectivity index is 1.79. The zero-order chi connectivity index (χ0) is 17.9. The summed E-state index contributed by atoms with van der Waals surface area (Å²) < 4.78 is 12.6. The molecule has 1 N–H and O–H groups in total. The zero-order valence-corrected chi connectivity index (χ0v) is 14.6. The standard InChI is InChI=1S/C21H19N3O2/c1-25-17-11-7-15(8-12-17)22-21-23-19-5-3-4-6-20(19)24(21)16-9-13-18(26-2)14-10-16/h3-14H,1-2H3,(H,22,23). The van der Waals surface area contributed by atoms with Gasteiger partial charge in [-0.1, -0.05) is 12.1 Å². The number of benzene rings is 3.